The van der Waals surface area contributed by atoms with E-state index < -0.39 is 0 Å². The molecule has 1 aliphatic heterocycles. The predicted molar refractivity (Wildman–Crippen MR) is 119 cm³/mol. The van der Waals surface area contributed by atoms with E-state index in [1.807, 2.05) is 36.4 Å². The molecule has 0 bridgehead atoms. The van der Waals surface area contributed by atoms with E-state index in [0.717, 1.165) is 35.8 Å². The number of halogens is 2. The van der Waals surface area contributed by atoms with Gasteiger partial charge in [-0.25, -0.2) is 0 Å². The molecule has 1 aliphatic rings. The SMILES string of the molecule is COc1ccc(NC(=S)N2CCn3cccc3[C@H]2c2ccc(Cl)cc2Cl)cc1. The topological polar surface area (TPSA) is 29.4 Å². The van der Waals surface area contributed by atoms with Crippen LogP contribution in [0.4, 0.5) is 5.69 Å². The molecule has 1 N–H and O–H groups in total. The summed E-state index contributed by atoms with van der Waals surface area (Å²) in [5.41, 5.74) is 3.03. The number of hydrogen-bond acceptors (Lipinski definition) is 2. The first-order valence-corrected chi connectivity index (χ1v) is 10.0. The summed E-state index contributed by atoms with van der Waals surface area (Å²) in [6, 6.07) is 17.4. The second-order valence-corrected chi connectivity index (χ2v) is 7.78. The number of aromatic nitrogens is 1. The van der Waals surface area contributed by atoms with Crippen LogP contribution in [-0.4, -0.2) is 28.2 Å². The maximum atomic E-state index is 6.56. The molecule has 0 amide bonds. The van der Waals surface area contributed by atoms with E-state index in [9.17, 15) is 0 Å². The summed E-state index contributed by atoms with van der Waals surface area (Å²) in [5.74, 6) is 0.804. The van der Waals surface area contributed by atoms with Crippen LogP contribution in [0.1, 0.15) is 17.3 Å². The fraction of sp³-hybridized carbons (Fsp3) is 0.190. The molecule has 1 atom stereocenters. The van der Waals surface area contributed by atoms with Gasteiger partial charge in [-0.1, -0.05) is 29.3 Å². The van der Waals surface area contributed by atoms with Gasteiger partial charge in [-0.2, -0.15) is 0 Å². The Morgan fingerprint density at radius 3 is 2.61 bits per heavy atom. The number of ether oxygens (including phenoxy) is 1. The van der Waals surface area contributed by atoms with Crippen molar-refractivity contribution in [1.29, 1.82) is 0 Å². The maximum absolute atomic E-state index is 6.56. The standard InChI is InChI=1S/C21H19Cl2N3OS/c1-27-16-7-5-15(6-8-16)24-21(28)26-12-11-25-10-2-3-19(25)20(26)17-9-4-14(22)13-18(17)23/h2-10,13,20H,11-12H2,1H3,(H,24,28)/t20-/m1/s1. The van der Waals surface area contributed by atoms with Gasteiger partial charge >= 0.3 is 0 Å². The number of fused-ring (bicyclic) bond motifs is 1. The Morgan fingerprint density at radius 2 is 1.89 bits per heavy atom. The molecule has 2 heterocycles. The predicted octanol–water partition coefficient (Wildman–Crippen LogP) is 5.61. The zero-order valence-corrected chi connectivity index (χ0v) is 17.6. The molecule has 0 spiro atoms. The zero-order valence-electron chi connectivity index (χ0n) is 15.2. The second kappa shape index (κ2) is 8.03. The summed E-state index contributed by atoms with van der Waals surface area (Å²) >= 11 is 18.4. The minimum atomic E-state index is -0.0910. The summed E-state index contributed by atoms with van der Waals surface area (Å²) in [4.78, 5) is 2.17. The number of hydrogen-bond donors (Lipinski definition) is 1. The van der Waals surface area contributed by atoms with Crippen molar-refractivity contribution in [3.63, 3.8) is 0 Å². The first-order chi connectivity index (χ1) is 13.6. The molecule has 28 heavy (non-hydrogen) atoms. The molecule has 0 saturated carbocycles. The van der Waals surface area contributed by atoms with Crippen molar-refractivity contribution in [1.82, 2.24) is 9.47 Å². The van der Waals surface area contributed by atoms with Gasteiger partial charge in [0.1, 0.15) is 5.75 Å². The minimum absolute atomic E-state index is 0.0910. The van der Waals surface area contributed by atoms with Crippen LogP contribution in [0.25, 0.3) is 0 Å². The van der Waals surface area contributed by atoms with E-state index in [-0.39, 0.29) is 6.04 Å². The van der Waals surface area contributed by atoms with Crippen molar-refractivity contribution in [2.75, 3.05) is 19.0 Å². The molecule has 0 aliphatic carbocycles. The summed E-state index contributed by atoms with van der Waals surface area (Å²) < 4.78 is 7.46. The van der Waals surface area contributed by atoms with E-state index in [1.165, 1.54) is 0 Å². The molecule has 3 aromatic rings. The second-order valence-electron chi connectivity index (χ2n) is 6.55. The Kier molecular flexibility index (Phi) is 5.49. The summed E-state index contributed by atoms with van der Waals surface area (Å²) in [6.45, 7) is 1.63. The molecule has 144 valence electrons. The lowest BCUT2D eigenvalue weighted by Gasteiger charge is -2.39. The van der Waals surface area contributed by atoms with Crippen molar-refractivity contribution in [2.45, 2.75) is 12.6 Å². The van der Waals surface area contributed by atoms with Crippen LogP contribution < -0.4 is 10.1 Å². The molecular weight excluding hydrogens is 413 g/mol. The number of rotatable bonds is 3. The molecule has 0 radical (unpaired) electrons. The smallest absolute Gasteiger partial charge is 0.174 e. The number of benzene rings is 2. The fourth-order valence-electron chi connectivity index (χ4n) is 3.52. The monoisotopic (exact) mass is 431 g/mol. The fourth-order valence-corrected chi connectivity index (χ4v) is 4.35. The van der Waals surface area contributed by atoms with Gasteiger partial charge in [-0.3, -0.25) is 0 Å². The number of nitrogens with one attached hydrogen (secondary N) is 1. The molecule has 4 nitrogen and oxygen atoms in total. The molecule has 0 unspecified atom stereocenters. The van der Waals surface area contributed by atoms with E-state index in [0.29, 0.717) is 15.2 Å². The van der Waals surface area contributed by atoms with Gasteiger partial charge in [-0.15, -0.1) is 0 Å². The molecule has 0 fully saturated rings. The Morgan fingerprint density at radius 1 is 1.11 bits per heavy atom. The molecule has 1 aromatic heterocycles. The highest BCUT2D eigenvalue weighted by atomic mass is 35.5. The highest BCUT2D eigenvalue weighted by molar-refractivity contribution is 7.80. The van der Waals surface area contributed by atoms with Crippen LogP contribution in [-0.2, 0) is 6.54 Å². The third-order valence-corrected chi connectivity index (χ3v) is 5.80. The molecule has 7 heteroatoms. The first kappa shape index (κ1) is 19.1. The van der Waals surface area contributed by atoms with Crippen LogP contribution >= 0.6 is 35.4 Å². The number of nitrogens with zero attached hydrogens (tertiary/aromatic N) is 2. The van der Waals surface area contributed by atoms with Crippen molar-refractivity contribution in [3.8, 4) is 5.75 Å². The summed E-state index contributed by atoms with van der Waals surface area (Å²) in [7, 11) is 1.65. The lowest BCUT2D eigenvalue weighted by atomic mass is 10.00. The third-order valence-electron chi connectivity index (χ3n) is 4.90. The lowest BCUT2D eigenvalue weighted by Crippen LogP contribution is -2.44. The molecule has 0 saturated heterocycles. The summed E-state index contributed by atoms with van der Waals surface area (Å²) in [5, 5.41) is 5.23. The quantitative estimate of drug-likeness (QED) is 0.546. The van der Waals surface area contributed by atoms with Gasteiger partial charge in [0.2, 0.25) is 0 Å². The number of anilines is 1. The minimum Gasteiger partial charge on any atom is -0.497 e. The van der Waals surface area contributed by atoms with Gasteiger partial charge in [-0.05, 0) is 66.3 Å². The number of methoxy groups -OCH3 is 1. The summed E-state index contributed by atoms with van der Waals surface area (Å²) in [6.07, 6.45) is 2.09. The van der Waals surface area contributed by atoms with Crippen molar-refractivity contribution >= 4 is 46.2 Å². The van der Waals surface area contributed by atoms with Crippen LogP contribution in [0, 0.1) is 0 Å². The largest absolute Gasteiger partial charge is 0.497 e. The van der Waals surface area contributed by atoms with Crippen LogP contribution in [0.2, 0.25) is 10.0 Å². The molecular formula is C21H19Cl2N3OS. The lowest BCUT2D eigenvalue weighted by molar-refractivity contribution is 0.293. The maximum Gasteiger partial charge on any atom is 0.174 e. The van der Waals surface area contributed by atoms with Crippen LogP contribution in [0.5, 0.6) is 5.75 Å². The Bertz CT molecular complexity index is 1000. The van der Waals surface area contributed by atoms with E-state index in [1.54, 1.807) is 13.2 Å². The van der Waals surface area contributed by atoms with Crippen molar-refractivity contribution in [3.05, 3.63) is 82.1 Å². The normalized spacial score (nSPS) is 15.8. The van der Waals surface area contributed by atoms with E-state index in [2.05, 4.69) is 33.1 Å². The van der Waals surface area contributed by atoms with Gasteiger partial charge in [0.05, 0.1) is 13.2 Å². The Hall–Kier alpha value is -2.21. The Labute approximate surface area is 179 Å². The van der Waals surface area contributed by atoms with Crippen molar-refractivity contribution < 1.29 is 4.74 Å². The van der Waals surface area contributed by atoms with Crippen LogP contribution in [0.15, 0.2) is 60.8 Å². The molecule has 4 rings (SSSR count). The van der Waals surface area contributed by atoms with Gasteiger partial charge < -0.3 is 19.5 Å². The van der Waals surface area contributed by atoms with Gasteiger partial charge in [0, 0.05) is 40.7 Å². The van der Waals surface area contributed by atoms with E-state index in [4.69, 9.17) is 40.2 Å². The first-order valence-electron chi connectivity index (χ1n) is 8.88. The third kappa shape index (κ3) is 3.70. The van der Waals surface area contributed by atoms with Gasteiger partial charge in [0.15, 0.2) is 5.11 Å². The van der Waals surface area contributed by atoms with Gasteiger partial charge in [0.25, 0.3) is 0 Å². The highest BCUT2D eigenvalue weighted by Gasteiger charge is 2.32. The average Bonchev–Trinajstić information content (AvgIpc) is 3.17. The van der Waals surface area contributed by atoms with E-state index >= 15 is 0 Å². The highest BCUT2D eigenvalue weighted by Crippen LogP contribution is 2.37. The van der Waals surface area contributed by atoms with Crippen LogP contribution in [0.3, 0.4) is 0 Å². The molecule has 2 aromatic carbocycles. The van der Waals surface area contributed by atoms with Crippen molar-refractivity contribution in [2.24, 2.45) is 0 Å². The average molecular weight is 432 g/mol. The number of thiocarbonyl (C=S) groups is 1. The Balaban J connectivity index is 1.67. The zero-order chi connectivity index (χ0) is 19.7.